The molecule has 0 atom stereocenters. The first-order valence-corrected chi connectivity index (χ1v) is 7.93. The van der Waals surface area contributed by atoms with E-state index in [-0.39, 0.29) is 5.91 Å². The van der Waals surface area contributed by atoms with Crippen LogP contribution in [0, 0.1) is 6.92 Å². The van der Waals surface area contributed by atoms with Crippen molar-refractivity contribution in [1.29, 1.82) is 0 Å². The fourth-order valence-corrected chi connectivity index (χ4v) is 2.42. The van der Waals surface area contributed by atoms with Crippen LogP contribution in [0.4, 0.5) is 5.82 Å². The van der Waals surface area contributed by atoms with Crippen LogP contribution in [-0.4, -0.2) is 21.3 Å². The maximum atomic E-state index is 12.2. The summed E-state index contributed by atoms with van der Waals surface area (Å²) in [7, 11) is 0. The van der Waals surface area contributed by atoms with E-state index < -0.39 is 0 Å². The number of carbonyl (C=O) groups excluding carboxylic acids is 1. The smallest absolute Gasteiger partial charge is 0.256 e. The van der Waals surface area contributed by atoms with Crippen LogP contribution < -0.4 is 5.32 Å². The Morgan fingerprint density at radius 2 is 1.58 bits per heavy atom. The molecule has 0 spiro atoms. The average Bonchev–Trinajstić information content (AvgIpc) is 3.32. The molecule has 26 heavy (non-hydrogen) atoms. The number of aryl methyl sites for hydroxylation is 1. The molecule has 0 radical (unpaired) electrons. The number of benzene rings is 2. The Bertz CT molecular complexity index is 1040. The molecule has 4 aromatic rings. The van der Waals surface area contributed by atoms with E-state index >= 15 is 0 Å². The summed E-state index contributed by atoms with van der Waals surface area (Å²) in [5, 5.41) is 14.5. The molecule has 0 aliphatic carbocycles. The highest BCUT2D eigenvalue weighted by Gasteiger charge is 2.12. The molecule has 1 amide bonds. The number of rotatable bonds is 4. The second-order valence-corrected chi connectivity index (χ2v) is 5.63. The van der Waals surface area contributed by atoms with Crippen molar-refractivity contribution in [2.24, 2.45) is 0 Å². The third-order valence-electron chi connectivity index (χ3n) is 3.71. The molecular formula is C19H14N4O3. The zero-order valence-corrected chi connectivity index (χ0v) is 13.8. The van der Waals surface area contributed by atoms with Crippen molar-refractivity contribution in [3.8, 4) is 22.9 Å². The largest absolute Gasteiger partial charge is 0.416 e. The topological polar surface area (TPSA) is 94.1 Å². The van der Waals surface area contributed by atoms with Crippen molar-refractivity contribution < 1.29 is 13.7 Å². The molecule has 7 heteroatoms. The molecule has 4 rings (SSSR count). The van der Waals surface area contributed by atoms with Gasteiger partial charge in [-0.15, -0.1) is 10.2 Å². The van der Waals surface area contributed by atoms with E-state index in [9.17, 15) is 4.79 Å². The van der Waals surface area contributed by atoms with Crippen LogP contribution in [0.5, 0.6) is 0 Å². The van der Waals surface area contributed by atoms with Crippen molar-refractivity contribution in [3.05, 3.63) is 72.0 Å². The van der Waals surface area contributed by atoms with Gasteiger partial charge in [-0.3, -0.25) is 4.79 Å². The molecule has 0 saturated heterocycles. The van der Waals surface area contributed by atoms with Gasteiger partial charge in [-0.25, -0.2) is 0 Å². The van der Waals surface area contributed by atoms with Gasteiger partial charge in [0, 0.05) is 22.8 Å². The summed E-state index contributed by atoms with van der Waals surface area (Å²) in [6.07, 6.45) is 0. The normalized spacial score (nSPS) is 10.7. The van der Waals surface area contributed by atoms with Crippen LogP contribution >= 0.6 is 0 Å². The van der Waals surface area contributed by atoms with Crippen LogP contribution in [0.3, 0.4) is 0 Å². The summed E-state index contributed by atoms with van der Waals surface area (Å²) in [6, 6.07) is 18.1. The summed E-state index contributed by atoms with van der Waals surface area (Å²) in [4.78, 5) is 12.2. The van der Waals surface area contributed by atoms with E-state index in [1.807, 2.05) is 30.3 Å². The lowest BCUT2D eigenvalue weighted by Gasteiger charge is -2.02. The first-order valence-electron chi connectivity index (χ1n) is 7.93. The zero-order chi connectivity index (χ0) is 17.9. The van der Waals surface area contributed by atoms with Gasteiger partial charge in [0.25, 0.3) is 5.91 Å². The minimum Gasteiger partial charge on any atom is -0.416 e. The van der Waals surface area contributed by atoms with Gasteiger partial charge in [-0.2, -0.15) is 0 Å². The zero-order valence-electron chi connectivity index (χ0n) is 13.8. The van der Waals surface area contributed by atoms with Crippen molar-refractivity contribution >= 4 is 11.7 Å². The van der Waals surface area contributed by atoms with Crippen LogP contribution in [0.15, 0.2) is 69.6 Å². The van der Waals surface area contributed by atoms with Crippen molar-refractivity contribution in [3.63, 3.8) is 0 Å². The fourth-order valence-electron chi connectivity index (χ4n) is 2.42. The lowest BCUT2D eigenvalue weighted by Crippen LogP contribution is -2.11. The molecule has 7 nitrogen and oxygen atoms in total. The predicted octanol–water partition coefficient (Wildman–Crippen LogP) is 3.95. The second kappa shape index (κ2) is 6.64. The quantitative estimate of drug-likeness (QED) is 0.601. The lowest BCUT2D eigenvalue weighted by atomic mass is 10.1. The molecule has 0 aliphatic heterocycles. The highest BCUT2D eigenvalue weighted by molar-refractivity contribution is 6.03. The minimum absolute atomic E-state index is 0.277. The SMILES string of the molecule is Cc1cc(NC(=O)c2ccc(-c3nnc(-c4ccccc4)o3)cc2)no1. The third-order valence-corrected chi connectivity index (χ3v) is 3.71. The number of nitrogens with one attached hydrogen (secondary N) is 1. The van der Waals surface area contributed by atoms with Gasteiger partial charge in [0.1, 0.15) is 5.76 Å². The summed E-state index contributed by atoms with van der Waals surface area (Å²) < 4.78 is 10.6. The molecule has 2 aromatic carbocycles. The van der Waals surface area contributed by atoms with Gasteiger partial charge in [-0.1, -0.05) is 23.4 Å². The predicted molar refractivity (Wildman–Crippen MR) is 94.4 cm³/mol. The Kier molecular flexibility index (Phi) is 4.03. The number of aromatic nitrogens is 3. The van der Waals surface area contributed by atoms with E-state index in [0.29, 0.717) is 28.9 Å². The van der Waals surface area contributed by atoms with Gasteiger partial charge in [0.15, 0.2) is 5.82 Å². The van der Waals surface area contributed by atoms with Gasteiger partial charge in [-0.05, 0) is 43.3 Å². The summed E-state index contributed by atoms with van der Waals surface area (Å²) in [5.74, 6) is 1.56. The Balaban J connectivity index is 1.51. The number of anilines is 1. The first-order chi connectivity index (χ1) is 12.7. The van der Waals surface area contributed by atoms with Crippen LogP contribution in [0.2, 0.25) is 0 Å². The lowest BCUT2D eigenvalue weighted by molar-refractivity contribution is 0.102. The first kappa shape index (κ1) is 15.8. The molecule has 0 unspecified atom stereocenters. The molecular weight excluding hydrogens is 332 g/mol. The van der Waals surface area contributed by atoms with E-state index in [0.717, 1.165) is 11.1 Å². The number of hydrogen-bond acceptors (Lipinski definition) is 6. The van der Waals surface area contributed by atoms with Crippen LogP contribution in [-0.2, 0) is 0 Å². The number of hydrogen-bond donors (Lipinski definition) is 1. The van der Waals surface area contributed by atoms with E-state index in [1.54, 1.807) is 37.3 Å². The van der Waals surface area contributed by atoms with Gasteiger partial charge < -0.3 is 14.3 Å². The highest BCUT2D eigenvalue weighted by atomic mass is 16.5. The molecule has 2 heterocycles. The van der Waals surface area contributed by atoms with Crippen LogP contribution in [0.1, 0.15) is 16.1 Å². The number of nitrogens with zero attached hydrogens (tertiary/aromatic N) is 3. The van der Waals surface area contributed by atoms with E-state index in [1.165, 1.54) is 0 Å². The van der Waals surface area contributed by atoms with Crippen molar-refractivity contribution in [1.82, 2.24) is 15.4 Å². The second-order valence-electron chi connectivity index (χ2n) is 5.63. The molecule has 0 aliphatic rings. The molecule has 0 saturated carbocycles. The standard InChI is InChI=1S/C19H14N4O3/c1-12-11-16(23-26-12)20-17(24)13-7-9-15(10-8-13)19-22-21-18(25-19)14-5-3-2-4-6-14/h2-11H,1H3,(H,20,23,24). The average molecular weight is 346 g/mol. The Hall–Kier alpha value is -3.74. The van der Waals surface area contributed by atoms with Crippen molar-refractivity contribution in [2.75, 3.05) is 5.32 Å². The minimum atomic E-state index is -0.277. The van der Waals surface area contributed by atoms with Crippen LogP contribution in [0.25, 0.3) is 22.9 Å². The summed E-state index contributed by atoms with van der Waals surface area (Å²) >= 11 is 0. The summed E-state index contributed by atoms with van der Waals surface area (Å²) in [6.45, 7) is 1.76. The monoisotopic (exact) mass is 346 g/mol. The maximum Gasteiger partial charge on any atom is 0.256 e. The van der Waals surface area contributed by atoms with Gasteiger partial charge >= 0.3 is 0 Å². The molecule has 128 valence electrons. The fraction of sp³-hybridized carbons (Fsp3) is 0.0526. The van der Waals surface area contributed by atoms with E-state index in [4.69, 9.17) is 8.94 Å². The Labute approximate surface area is 148 Å². The number of amides is 1. The Morgan fingerprint density at radius 3 is 2.19 bits per heavy atom. The van der Waals surface area contributed by atoms with Crippen molar-refractivity contribution in [2.45, 2.75) is 6.92 Å². The molecule has 0 fully saturated rings. The van der Waals surface area contributed by atoms with E-state index in [2.05, 4.69) is 20.7 Å². The number of carbonyl (C=O) groups is 1. The highest BCUT2D eigenvalue weighted by Crippen LogP contribution is 2.24. The van der Waals surface area contributed by atoms with Gasteiger partial charge in [0.05, 0.1) is 0 Å². The van der Waals surface area contributed by atoms with Gasteiger partial charge in [0.2, 0.25) is 11.8 Å². The molecule has 1 N–H and O–H groups in total. The summed E-state index contributed by atoms with van der Waals surface area (Å²) in [5.41, 5.74) is 2.07. The Morgan fingerprint density at radius 1 is 0.923 bits per heavy atom. The third kappa shape index (κ3) is 3.23. The maximum absolute atomic E-state index is 12.2. The molecule has 2 aromatic heterocycles. The molecule has 0 bridgehead atoms.